The molecule has 1 heterocycles. The van der Waals surface area contributed by atoms with Gasteiger partial charge in [-0.05, 0) is 65.1 Å². The normalized spacial score (nSPS) is 28.0. The number of halogens is 1. The summed E-state index contributed by atoms with van der Waals surface area (Å²) in [5.74, 6) is 0.0306. The van der Waals surface area contributed by atoms with Crippen LogP contribution in [0, 0.1) is 17.8 Å². The summed E-state index contributed by atoms with van der Waals surface area (Å²) in [4.78, 5) is 15.4. The Morgan fingerprint density at radius 1 is 1.50 bits per heavy atom. The zero-order chi connectivity index (χ0) is 13.1. The average molecular weight is 312 g/mol. The van der Waals surface area contributed by atoms with Crippen molar-refractivity contribution in [2.75, 3.05) is 0 Å². The van der Waals surface area contributed by atoms with Gasteiger partial charge >= 0.3 is 5.97 Å². The quantitative estimate of drug-likeness (QED) is 0.929. The van der Waals surface area contributed by atoms with Crippen LogP contribution in [0.1, 0.15) is 31.7 Å². The first-order valence-electron chi connectivity index (χ1n) is 6.38. The van der Waals surface area contributed by atoms with E-state index in [0.717, 1.165) is 35.7 Å². The number of rotatable bonds is 3. The molecule has 0 radical (unpaired) electrons. The summed E-state index contributed by atoms with van der Waals surface area (Å²) in [5.41, 5.74) is 1.12. The van der Waals surface area contributed by atoms with Crippen molar-refractivity contribution in [2.45, 2.75) is 32.6 Å². The minimum Gasteiger partial charge on any atom is -0.481 e. The van der Waals surface area contributed by atoms with Crippen LogP contribution in [0.4, 0.5) is 0 Å². The Bertz CT molecular complexity index is 436. The van der Waals surface area contributed by atoms with Crippen LogP contribution in [0.5, 0.6) is 0 Å². The molecule has 1 aliphatic carbocycles. The highest BCUT2D eigenvalue weighted by molar-refractivity contribution is 9.10. The molecule has 1 saturated carbocycles. The molecule has 1 N–H and O–H groups in total. The first-order valence-corrected chi connectivity index (χ1v) is 7.17. The monoisotopic (exact) mass is 311 g/mol. The van der Waals surface area contributed by atoms with Gasteiger partial charge in [-0.1, -0.05) is 6.92 Å². The predicted molar refractivity (Wildman–Crippen MR) is 73.3 cm³/mol. The zero-order valence-corrected chi connectivity index (χ0v) is 12.1. The van der Waals surface area contributed by atoms with E-state index in [2.05, 4.69) is 27.8 Å². The molecule has 0 aliphatic heterocycles. The zero-order valence-electron chi connectivity index (χ0n) is 10.5. The van der Waals surface area contributed by atoms with E-state index in [1.54, 1.807) is 6.20 Å². The number of hydrogen-bond acceptors (Lipinski definition) is 2. The Hall–Kier alpha value is -0.900. The minimum atomic E-state index is -0.644. The van der Waals surface area contributed by atoms with Gasteiger partial charge in [0.15, 0.2) is 0 Å². The van der Waals surface area contributed by atoms with Crippen LogP contribution in [0.25, 0.3) is 0 Å². The largest absolute Gasteiger partial charge is 0.481 e. The molecule has 0 aromatic carbocycles. The third-order valence-electron chi connectivity index (χ3n) is 3.82. The number of aliphatic carboxylic acids is 1. The van der Waals surface area contributed by atoms with Gasteiger partial charge in [-0.15, -0.1) is 0 Å². The van der Waals surface area contributed by atoms with Crippen LogP contribution < -0.4 is 0 Å². The number of nitrogens with zero attached hydrogens (tertiary/aromatic N) is 1. The third kappa shape index (κ3) is 3.31. The van der Waals surface area contributed by atoms with E-state index in [4.69, 9.17) is 0 Å². The second kappa shape index (κ2) is 5.83. The summed E-state index contributed by atoms with van der Waals surface area (Å²) in [6.07, 6.45) is 7.24. The number of hydrogen-bond donors (Lipinski definition) is 1. The van der Waals surface area contributed by atoms with Crippen molar-refractivity contribution in [2.24, 2.45) is 17.8 Å². The Morgan fingerprint density at radius 3 is 2.94 bits per heavy atom. The van der Waals surface area contributed by atoms with Gasteiger partial charge in [-0.3, -0.25) is 9.78 Å². The van der Waals surface area contributed by atoms with Crippen LogP contribution in [-0.4, -0.2) is 16.1 Å². The number of carboxylic acid groups (broad SMARTS) is 1. The first kappa shape index (κ1) is 13.5. The Balaban J connectivity index is 2.11. The number of aromatic nitrogens is 1. The first-order chi connectivity index (χ1) is 8.56. The van der Waals surface area contributed by atoms with Crippen molar-refractivity contribution in [3.63, 3.8) is 0 Å². The lowest BCUT2D eigenvalue weighted by Gasteiger charge is -2.32. The molecule has 18 heavy (non-hydrogen) atoms. The SMILES string of the molecule is CC1CCC(C(=O)O)C(Cc2cncc(Br)c2)C1. The molecular formula is C14H18BrNO2. The third-order valence-corrected chi connectivity index (χ3v) is 4.25. The maximum Gasteiger partial charge on any atom is 0.306 e. The highest BCUT2D eigenvalue weighted by Crippen LogP contribution is 2.36. The lowest BCUT2D eigenvalue weighted by atomic mass is 9.72. The summed E-state index contributed by atoms with van der Waals surface area (Å²) < 4.78 is 0.954. The van der Waals surface area contributed by atoms with Crippen molar-refractivity contribution < 1.29 is 9.90 Å². The molecule has 4 heteroatoms. The fraction of sp³-hybridized carbons (Fsp3) is 0.571. The molecule has 1 fully saturated rings. The molecule has 3 atom stereocenters. The van der Waals surface area contributed by atoms with E-state index in [1.807, 2.05) is 12.3 Å². The standard InChI is InChI=1S/C14H18BrNO2/c1-9-2-3-13(14(17)18)11(4-9)5-10-6-12(15)8-16-7-10/h6-9,11,13H,2-5H2,1H3,(H,17,18). The molecule has 1 aromatic rings. The lowest BCUT2D eigenvalue weighted by molar-refractivity contribution is -0.145. The molecular weight excluding hydrogens is 294 g/mol. The fourth-order valence-corrected chi connectivity index (χ4v) is 3.33. The smallest absolute Gasteiger partial charge is 0.306 e. The van der Waals surface area contributed by atoms with Crippen LogP contribution >= 0.6 is 15.9 Å². The second-order valence-corrected chi connectivity index (χ2v) is 6.25. The van der Waals surface area contributed by atoms with Crippen molar-refractivity contribution in [3.8, 4) is 0 Å². The van der Waals surface area contributed by atoms with Gasteiger partial charge in [0.05, 0.1) is 5.92 Å². The number of pyridine rings is 1. The lowest BCUT2D eigenvalue weighted by Crippen LogP contribution is -2.31. The minimum absolute atomic E-state index is 0.194. The highest BCUT2D eigenvalue weighted by atomic mass is 79.9. The van der Waals surface area contributed by atoms with Gasteiger partial charge in [0.2, 0.25) is 0 Å². The fourth-order valence-electron chi connectivity index (χ4n) is 2.92. The Kier molecular flexibility index (Phi) is 4.38. The molecule has 0 spiro atoms. The maximum absolute atomic E-state index is 11.3. The summed E-state index contributed by atoms with van der Waals surface area (Å²) in [5, 5.41) is 9.30. The molecule has 0 bridgehead atoms. The molecule has 3 unspecified atom stereocenters. The van der Waals surface area contributed by atoms with E-state index in [9.17, 15) is 9.90 Å². The summed E-state index contributed by atoms with van der Waals surface area (Å²) in [6, 6.07) is 2.03. The van der Waals surface area contributed by atoms with Gasteiger partial charge in [-0.25, -0.2) is 0 Å². The van der Waals surface area contributed by atoms with Crippen molar-refractivity contribution in [3.05, 3.63) is 28.5 Å². The van der Waals surface area contributed by atoms with E-state index in [-0.39, 0.29) is 11.8 Å². The van der Waals surface area contributed by atoms with Crippen molar-refractivity contribution >= 4 is 21.9 Å². The maximum atomic E-state index is 11.3. The van der Waals surface area contributed by atoms with Crippen LogP contribution in [0.2, 0.25) is 0 Å². The molecule has 0 saturated heterocycles. The molecule has 3 nitrogen and oxygen atoms in total. The van der Waals surface area contributed by atoms with Crippen molar-refractivity contribution in [1.82, 2.24) is 4.98 Å². The topological polar surface area (TPSA) is 50.2 Å². The van der Waals surface area contributed by atoms with Gasteiger partial charge in [0.1, 0.15) is 0 Å². The summed E-state index contributed by atoms with van der Waals surface area (Å²) in [6.45, 7) is 2.21. The Morgan fingerprint density at radius 2 is 2.28 bits per heavy atom. The van der Waals surface area contributed by atoms with E-state index in [0.29, 0.717) is 5.92 Å². The van der Waals surface area contributed by atoms with Crippen LogP contribution in [0.15, 0.2) is 22.9 Å². The van der Waals surface area contributed by atoms with Crippen LogP contribution in [0.3, 0.4) is 0 Å². The summed E-state index contributed by atoms with van der Waals surface area (Å²) in [7, 11) is 0. The predicted octanol–water partition coefficient (Wildman–Crippen LogP) is 3.52. The molecule has 2 rings (SSSR count). The van der Waals surface area contributed by atoms with E-state index < -0.39 is 5.97 Å². The highest BCUT2D eigenvalue weighted by Gasteiger charge is 2.33. The molecule has 1 aromatic heterocycles. The van der Waals surface area contributed by atoms with Crippen molar-refractivity contribution in [1.29, 1.82) is 0 Å². The molecule has 1 aliphatic rings. The van der Waals surface area contributed by atoms with Gasteiger partial charge < -0.3 is 5.11 Å². The van der Waals surface area contributed by atoms with E-state index in [1.165, 1.54) is 0 Å². The number of carbonyl (C=O) groups is 1. The van der Waals surface area contributed by atoms with Crippen LogP contribution in [-0.2, 0) is 11.2 Å². The molecule has 98 valence electrons. The van der Waals surface area contributed by atoms with E-state index >= 15 is 0 Å². The second-order valence-electron chi connectivity index (χ2n) is 5.34. The Labute approximate surface area is 116 Å². The van der Waals surface area contributed by atoms with Gasteiger partial charge in [0, 0.05) is 16.9 Å². The average Bonchev–Trinajstić information content (AvgIpc) is 2.28. The summed E-state index contributed by atoms with van der Waals surface area (Å²) >= 11 is 3.40. The molecule has 0 amide bonds. The van der Waals surface area contributed by atoms with Gasteiger partial charge in [-0.2, -0.15) is 0 Å². The van der Waals surface area contributed by atoms with Gasteiger partial charge in [0.25, 0.3) is 0 Å². The number of carboxylic acids is 1.